The van der Waals surface area contributed by atoms with Crippen LogP contribution in [0.3, 0.4) is 0 Å². The van der Waals surface area contributed by atoms with Crippen molar-refractivity contribution in [3.63, 3.8) is 0 Å². The summed E-state index contributed by atoms with van der Waals surface area (Å²) in [7, 11) is 0. The number of hydrogen-bond acceptors (Lipinski definition) is 8. The van der Waals surface area contributed by atoms with Gasteiger partial charge < -0.3 is 14.8 Å². The molecule has 3 rings (SSSR count). The molecule has 3 heterocycles. The molecule has 9 heteroatoms. The summed E-state index contributed by atoms with van der Waals surface area (Å²) in [6, 6.07) is 7.34. The Bertz CT molecular complexity index is 773. The van der Waals surface area contributed by atoms with Gasteiger partial charge in [0.25, 0.3) is 6.02 Å². The molecule has 0 saturated carbocycles. The minimum atomic E-state index is -0.563. The molecule has 25 heavy (non-hydrogen) atoms. The molecule has 0 aromatic carbocycles. The maximum Gasteiger partial charge on any atom is 0.316 e. The van der Waals surface area contributed by atoms with Crippen LogP contribution in [0.4, 0.5) is 0 Å². The third-order valence-electron chi connectivity index (χ3n) is 3.38. The second-order valence-electron chi connectivity index (χ2n) is 5.69. The molecule has 2 N–H and O–H groups in total. The maximum absolute atomic E-state index is 11.9. The molecule has 0 aliphatic carbocycles. The van der Waals surface area contributed by atoms with Crippen molar-refractivity contribution in [2.24, 2.45) is 0 Å². The minimum Gasteiger partial charge on any atom is -0.463 e. The fraction of sp³-hybridized carbons (Fsp3) is 0.312. The maximum atomic E-state index is 11.9. The van der Waals surface area contributed by atoms with Crippen molar-refractivity contribution in [1.82, 2.24) is 20.3 Å². The van der Waals surface area contributed by atoms with Crippen LogP contribution < -0.4 is 5.32 Å². The van der Waals surface area contributed by atoms with E-state index >= 15 is 0 Å². The van der Waals surface area contributed by atoms with Crippen molar-refractivity contribution in [3.05, 3.63) is 36.7 Å². The quantitative estimate of drug-likeness (QED) is 0.453. The Labute approximate surface area is 148 Å². The van der Waals surface area contributed by atoms with Crippen LogP contribution in [0.15, 0.2) is 41.8 Å². The van der Waals surface area contributed by atoms with E-state index in [1.165, 1.54) is 11.8 Å². The van der Waals surface area contributed by atoms with Crippen molar-refractivity contribution in [2.45, 2.75) is 17.6 Å². The molecule has 2 aromatic heterocycles. The first-order valence-corrected chi connectivity index (χ1v) is 8.55. The molecule has 0 amide bonds. The van der Waals surface area contributed by atoms with E-state index in [0.29, 0.717) is 17.5 Å². The Morgan fingerprint density at radius 1 is 1.36 bits per heavy atom. The first kappa shape index (κ1) is 17.2. The fourth-order valence-electron chi connectivity index (χ4n) is 2.13. The van der Waals surface area contributed by atoms with E-state index < -0.39 is 5.54 Å². The van der Waals surface area contributed by atoms with Crippen LogP contribution in [0, 0.1) is 5.41 Å². The Morgan fingerprint density at radius 3 is 2.96 bits per heavy atom. The van der Waals surface area contributed by atoms with Gasteiger partial charge in [0, 0.05) is 12.4 Å². The summed E-state index contributed by atoms with van der Waals surface area (Å²) in [4.78, 5) is 24.7. The van der Waals surface area contributed by atoms with Crippen LogP contribution >= 0.6 is 11.8 Å². The second-order valence-corrected chi connectivity index (χ2v) is 6.63. The van der Waals surface area contributed by atoms with E-state index in [9.17, 15) is 4.79 Å². The van der Waals surface area contributed by atoms with Gasteiger partial charge in [0.15, 0.2) is 5.16 Å². The van der Waals surface area contributed by atoms with Gasteiger partial charge in [0.2, 0.25) is 0 Å². The summed E-state index contributed by atoms with van der Waals surface area (Å²) in [5, 5.41) is 10.7. The van der Waals surface area contributed by atoms with Crippen LogP contribution in [-0.4, -0.2) is 51.4 Å². The largest absolute Gasteiger partial charge is 0.463 e. The summed E-state index contributed by atoms with van der Waals surface area (Å²) in [6.07, 6.45) is 3.33. The van der Waals surface area contributed by atoms with Crippen molar-refractivity contribution in [3.8, 4) is 11.4 Å². The fourth-order valence-corrected chi connectivity index (χ4v) is 2.76. The van der Waals surface area contributed by atoms with Gasteiger partial charge >= 0.3 is 5.97 Å². The lowest BCUT2D eigenvalue weighted by Crippen LogP contribution is -2.45. The van der Waals surface area contributed by atoms with Gasteiger partial charge in [-0.15, -0.1) is 0 Å². The lowest BCUT2D eigenvalue weighted by Gasteiger charge is -2.20. The normalized spacial score (nSPS) is 19.2. The first-order valence-electron chi connectivity index (χ1n) is 7.56. The van der Waals surface area contributed by atoms with E-state index in [1.54, 1.807) is 18.5 Å². The second kappa shape index (κ2) is 7.47. The molecule has 1 aliphatic rings. The number of ether oxygens (including phenoxy) is 2. The predicted molar refractivity (Wildman–Crippen MR) is 92.2 cm³/mol. The van der Waals surface area contributed by atoms with Gasteiger partial charge in [-0.05, 0) is 25.1 Å². The molecular formula is C16H17N5O3S. The summed E-state index contributed by atoms with van der Waals surface area (Å²) < 4.78 is 10.3. The molecule has 8 nitrogen and oxygen atoms in total. The van der Waals surface area contributed by atoms with Crippen molar-refractivity contribution in [1.29, 1.82) is 5.41 Å². The van der Waals surface area contributed by atoms with Crippen LogP contribution in [-0.2, 0) is 14.3 Å². The molecular weight excluding hydrogens is 342 g/mol. The molecule has 0 radical (unpaired) electrons. The van der Waals surface area contributed by atoms with Gasteiger partial charge in [-0.25, -0.2) is 9.97 Å². The molecule has 0 bridgehead atoms. The minimum absolute atomic E-state index is 0.00680. The van der Waals surface area contributed by atoms with Crippen LogP contribution in [0.1, 0.15) is 6.92 Å². The van der Waals surface area contributed by atoms with Gasteiger partial charge in [-0.2, -0.15) is 0 Å². The van der Waals surface area contributed by atoms with Gasteiger partial charge in [0.05, 0.1) is 17.1 Å². The molecule has 130 valence electrons. The number of rotatable bonds is 6. The summed E-state index contributed by atoms with van der Waals surface area (Å²) in [5.74, 6) is -0.279. The predicted octanol–water partition coefficient (Wildman–Crippen LogP) is 1.49. The highest BCUT2D eigenvalue weighted by Gasteiger charge is 2.34. The van der Waals surface area contributed by atoms with Crippen LogP contribution in [0.5, 0.6) is 0 Å². The number of aromatic nitrogens is 3. The zero-order valence-corrected chi connectivity index (χ0v) is 14.4. The summed E-state index contributed by atoms with van der Waals surface area (Å²) in [6.45, 7) is 2.25. The highest BCUT2D eigenvalue weighted by molar-refractivity contribution is 7.99. The molecule has 1 saturated heterocycles. The SMILES string of the molecule is CC1(COC(=O)CSc2nccc(-c3ccccn3)n2)COC(=N)N1. The molecule has 2 aromatic rings. The highest BCUT2D eigenvalue weighted by atomic mass is 32.2. The average molecular weight is 359 g/mol. The van der Waals surface area contributed by atoms with Crippen molar-refractivity contribution in [2.75, 3.05) is 19.0 Å². The smallest absolute Gasteiger partial charge is 0.316 e. The van der Waals surface area contributed by atoms with E-state index in [1.807, 2.05) is 25.1 Å². The molecule has 1 atom stereocenters. The summed E-state index contributed by atoms with van der Waals surface area (Å²) in [5.41, 5.74) is 0.883. The molecule has 1 fully saturated rings. The highest BCUT2D eigenvalue weighted by Crippen LogP contribution is 2.19. The summed E-state index contributed by atoms with van der Waals surface area (Å²) >= 11 is 1.20. The van der Waals surface area contributed by atoms with Gasteiger partial charge in [0.1, 0.15) is 18.8 Å². The zero-order valence-electron chi connectivity index (χ0n) is 13.6. The topological polar surface area (TPSA) is 110 Å². The number of hydrogen-bond donors (Lipinski definition) is 2. The van der Waals surface area contributed by atoms with E-state index in [0.717, 1.165) is 5.69 Å². The Kier molecular flexibility index (Phi) is 5.13. The van der Waals surface area contributed by atoms with E-state index in [4.69, 9.17) is 14.9 Å². The van der Waals surface area contributed by atoms with Crippen molar-refractivity contribution >= 4 is 23.8 Å². The molecule has 1 unspecified atom stereocenters. The Morgan fingerprint density at radius 2 is 2.24 bits per heavy atom. The number of carbonyl (C=O) groups excluding carboxylic acids is 1. The lowest BCUT2D eigenvalue weighted by atomic mass is 10.1. The zero-order chi connectivity index (χ0) is 17.7. The van der Waals surface area contributed by atoms with Crippen molar-refractivity contribution < 1.29 is 14.3 Å². The third-order valence-corrected chi connectivity index (χ3v) is 4.22. The Balaban J connectivity index is 1.51. The number of thioether (sulfide) groups is 1. The first-order chi connectivity index (χ1) is 12.0. The van der Waals surface area contributed by atoms with Gasteiger partial charge in [-0.1, -0.05) is 17.8 Å². The third kappa shape index (κ3) is 4.66. The van der Waals surface area contributed by atoms with Gasteiger partial charge in [-0.3, -0.25) is 15.2 Å². The number of esters is 1. The van der Waals surface area contributed by atoms with E-state index in [2.05, 4.69) is 20.3 Å². The number of nitrogens with one attached hydrogen (secondary N) is 2. The average Bonchev–Trinajstić information content (AvgIpc) is 2.98. The number of pyridine rings is 1. The number of amidine groups is 1. The van der Waals surface area contributed by atoms with E-state index in [-0.39, 0.29) is 24.4 Å². The standard InChI is InChI=1S/C16H17N5O3S/c1-16(10-24-14(17)21-16)9-23-13(22)8-25-15-19-7-5-12(20-15)11-4-2-3-6-18-11/h2-7H,8-10H2,1H3,(H2,17,21). The lowest BCUT2D eigenvalue weighted by molar-refractivity contribution is -0.142. The van der Waals surface area contributed by atoms with Crippen LogP contribution in [0.25, 0.3) is 11.4 Å². The van der Waals surface area contributed by atoms with Crippen LogP contribution in [0.2, 0.25) is 0 Å². The molecule has 1 aliphatic heterocycles. The Hall–Kier alpha value is -2.68. The molecule has 0 spiro atoms. The monoisotopic (exact) mass is 359 g/mol. The number of carbonyl (C=O) groups is 1. The number of nitrogens with zero attached hydrogens (tertiary/aromatic N) is 3.